The Balaban J connectivity index is 1.53. The molecule has 1 saturated carbocycles. The fourth-order valence-corrected chi connectivity index (χ4v) is 5.62. The minimum Gasteiger partial charge on any atom is -0.491 e. The molecule has 3 aromatic carbocycles. The second kappa shape index (κ2) is 10.3. The predicted molar refractivity (Wildman–Crippen MR) is 138 cm³/mol. The quantitative estimate of drug-likeness (QED) is 0.224. The van der Waals surface area contributed by atoms with E-state index in [0.717, 1.165) is 19.2 Å². The summed E-state index contributed by atoms with van der Waals surface area (Å²) in [4.78, 5) is 25.9. The molecule has 0 heterocycles. The van der Waals surface area contributed by atoms with Gasteiger partial charge < -0.3 is 10.1 Å². The van der Waals surface area contributed by atoms with E-state index in [1.165, 1.54) is 18.2 Å². The smallest absolute Gasteiger partial charge is 0.231 e. The molecule has 4 rings (SSSR count). The van der Waals surface area contributed by atoms with Crippen LogP contribution in [0.2, 0.25) is 15.1 Å². The largest absolute Gasteiger partial charge is 0.491 e. The Hall–Kier alpha value is -2.09. The lowest BCUT2D eigenvalue weighted by atomic mass is 10.0. The van der Waals surface area contributed by atoms with Crippen molar-refractivity contribution in [2.24, 2.45) is 5.92 Å². The van der Waals surface area contributed by atoms with E-state index in [0.29, 0.717) is 15.6 Å². The van der Waals surface area contributed by atoms with E-state index in [1.54, 1.807) is 18.2 Å². The molecule has 0 saturated heterocycles. The standard InChI is InChI=1S/C25H16Cl5F2NO3/c1-36-23-18(31)5-2-11(22(23)32)8-19(34)16-10-15(3-4-17(16)28)33-24(35)21-20(25(21,29)30)12-6-13(26)9-14(27)7-12/h2-7,9-10,20-21H,8H2,1H3,(H,33,35). The lowest BCUT2D eigenvalue weighted by molar-refractivity contribution is -0.117. The Morgan fingerprint density at radius 2 is 1.67 bits per heavy atom. The molecule has 188 valence electrons. The van der Waals surface area contributed by atoms with Crippen LogP contribution in [0.15, 0.2) is 48.5 Å². The first kappa shape index (κ1) is 27.0. The van der Waals surface area contributed by atoms with Gasteiger partial charge in [-0.15, -0.1) is 23.2 Å². The van der Waals surface area contributed by atoms with Crippen LogP contribution in [-0.4, -0.2) is 23.1 Å². The minimum absolute atomic E-state index is 0.0362. The minimum atomic E-state index is -1.39. The Labute approximate surface area is 230 Å². The number of ketones is 1. The van der Waals surface area contributed by atoms with Crippen molar-refractivity contribution >= 4 is 75.4 Å². The van der Waals surface area contributed by atoms with Gasteiger partial charge in [-0.3, -0.25) is 9.59 Å². The molecule has 2 atom stereocenters. The molecule has 1 N–H and O–H groups in total. The third-order valence-electron chi connectivity index (χ3n) is 5.80. The van der Waals surface area contributed by atoms with Gasteiger partial charge in [0.25, 0.3) is 0 Å². The highest BCUT2D eigenvalue weighted by molar-refractivity contribution is 6.53. The average Bonchev–Trinajstić information content (AvgIpc) is 3.38. The monoisotopic (exact) mass is 591 g/mol. The van der Waals surface area contributed by atoms with Crippen LogP contribution >= 0.6 is 58.0 Å². The Morgan fingerprint density at radius 1 is 1.00 bits per heavy atom. The van der Waals surface area contributed by atoms with Gasteiger partial charge in [0.05, 0.1) is 18.1 Å². The van der Waals surface area contributed by atoms with Crippen LogP contribution in [0.4, 0.5) is 14.5 Å². The Kier molecular flexibility index (Phi) is 7.75. The first-order valence-electron chi connectivity index (χ1n) is 10.4. The molecule has 2 unspecified atom stereocenters. The number of carbonyl (C=O) groups excluding carboxylic acids is 2. The number of amides is 1. The molecule has 0 radical (unpaired) electrons. The van der Waals surface area contributed by atoms with Crippen molar-refractivity contribution in [2.75, 3.05) is 12.4 Å². The molecule has 1 aliphatic rings. The van der Waals surface area contributed by atoms with E-state index in [1.807, 2.05) is 0 Å². The number of ether oxygens (including phenoxy) is 1. The number of rotatable bonds is 7. The highest BCUT2D eigenvalue weighted by atomic mass is 35.5. The number of benzene rings is 3. The van der Waals surface area contributed by atoms with Crippen molar-refractivity contribution in [3.8, 4) is 5.75 Å². The summed E-state index contributed by atoms with van der Waals surface area (Å²) in [5.41, 5.74) is 0.832. The third kappa shape index (κ3) is 5.29. The molecular formula is C25H16Cl5F2NO3. The summed E-state index contributed by atoms with van der Waals surface area (Å²) in [5.74, 6) is -4.86. The maximum absolute atomic E-state index is 14.5. The van der Waals surface area contributed by atoms with Crippen molar-refractivity contribution in [1.82, 2.24) is 0 Å². The van der Waals surface area contributed by atoms with E-state index in [-0.39, 0.29) is 21.8 Å². The second-order valence-corrected chi connectivity index (χ2v) is 10.9. The number of alkyl halides is 2. The summed E-state index contributed by atoms with van der Waals surface area (Å²) in [5, 5.41) is 3.53. The van der Waals surface area contributed by atoms with Gasteiger partial charge in [-0.05, 0) is 53.6 Å². The summed E-state index contributed by atoms with van der Waals surface area (Å²) in [6.07, 6.45) is -0.410. The number of halogens is 7. The zero-order chi connectivity index (χ0) is 26.4. The molecule has 0 spiro atoms. The molecule has 36 heavy (non-hydrogen) atoms. The summed E-state index contributed by atoms with van der Waals surface area (Å²) < 4.78 is 31.5. The molecule has 4 nitrogen and oxygen atoms in total. The van der Waals surface area contributed by atoms with E-state index < -0.39 is 51.7 Å². The second-order valence-electron chi connectivity index (χ2n) is 8.17. The summed E-state index contributed by atoms with van der Waals surface area (Å²) in [6.45, 7) is 0. The van der Waals surface area contributed by atoms with Crippen LogP contribution in [0.1, 0.15) is 27.4 Å². The summed E-state index contributed by atoms with van der Waals surface area (Å²) in [6, 6.07) is 11.2. The number of methoxy groups -OCH3 is 1. The highest BCUT2D eigenvalue weighted by Crippen LogP contribution is 2.65. The Morgan fingerprint density at radius 3 is 2.31 bits per heavy atom. The van der Waals surface area contributed by atoms with Crippen LogP contribution in [-0.2, 0) is 11.2 Å². The number of anilines is 1. The SMILES string of the molecule is COc1c(F)ccc(CC(=O)c2cc(NC(=O)C3C(c4cc(Cl)cc(Cl)c4)C3(Cl)Cl)ccc2Cl)c1F. The highest BCUT2D eigenvalue weighted by Gasteiger charge is 2.67. The van der Waals surface area contributed by atoms with Crippen LogP contribution < -0.4 is 10.1 Å². The topological polar surface area (TPSA) is 55.4 Å². The molecular weight excluding hydrogens is 578 g/mol. The first-order chi connectivity index (χ1) is 16.9. The number of hydrogen-bond donors (Lipinski definition) is 1. The zero-order valence-electron chi connectivity index (χ0n) is 18.4. The fraction of sp³-hybridized carbons (Fsp3) is 0.200. The van der Waals surface area contributed by atoms with Crippen molar-refractivity contribution < 1.29 is 23.1 Å². The molecule has 3 aromatic rings. The van der Waals surface area contributed by atoms with Crippen molar-refractivity contribution in [3.05, 3.63) is 91.9 Å². The molecule has 0 bridgehead atoms. The molecule has 0 aliphatic heterocycles. The van der Waals surface area contributed by atoms with Crippen LogP contribution in [0.5, 0.6) is 5.75 Å². The molecule has 1 fully saturated rings. The summed E-state index contributed by atoms with van der Waals surface area (Å²) in [7, 11) is 1.12. The summed E-state index contributed by atoms with van der Waals surface area (Å²) >= 11 is 31.1. The number of hydrogen-bond acceptors (Lipinski definition) is 3. The fourth-order valence-electron chi connectivity index (χ4n) is 4.02. The van der Waals surface area contributed by atoms with Gasteiger partial charge in [-0.2, -0.15) is 0 Å². The molecule has 11 heteroatoms. The number of Topliss-reactive ketones (excluding diaryl/α,β-unsaturated/α-hetero) is 1. The van der Waals surface area contributed by atoms with E-state index in [4.69, 9.17) is 62.7 Å². The van der Waals surface area contributed by atoms with E-state index >= 15 is 0 Å². The van der Waals surface area contributed by atoms with Crippen molar-refractivity contribution in [2.45, 2.75) is 16.7 Å². The van der Waals surface area contributed by atoms with Crippen molar-refractivity contribution in [3.63, 3.8) is 0 Å². The van der Waals surface area contributed by atoms with Gasteiger partial charge in [0.15, 0.2) is 23.2 Å². The molecule has 0 aromatic heterocycles. The van der Waals surface area contributed by atoms with E-state index in [2.05, 4.69) is 5.32 Å². The van der Waals surface area contributed by atoms with Gasteiger partial charge in [0.2, 0.25) is 5.91 Å². The molecule has 1 amide bonds. The lowest BCUT2D eigenvalue weighted by Crippen LogP contribution is -2.17. The maximum atomic E-state index is 14.5. The van der Waals surface area contributed by atoms with Gasteiger partial charge >= 0.3 is 0 Å². The number of nitrogens with one attached hydrogen (secondary N) is 1. The average molecular weight is 594 g/mol. The molecule has 1 aliphatic carbocycles. The third-order valence-corrected chi connectivity index (χ3v) is 7.50. The lowest BCUT2D eigenvalue weighted by Gasteiger charge is -2.11. The number of carbonyl (C=O) groups is 2. The van der Waals surface area contributed by atoms with Gasteiger partial charge in [-0.1, -0.05) is 40.9 Å². The van der Waals surface area contributed by atoms with Crippen LogP contribution in [0, 0.1) is 17.6 Å². The van der Waals surface area contributed by atoms with Gasteiger partial charge in [0.1, 0.15) is 4.33 Å². The predicted octanol–water partition coefficient (Wildman–Crippen LogP) is 7.89. The zero-order valence-corrected chi connectivity index (χ0v) is 22.1. The maximum Gasteiger partial charge on any atom is 0.231 e. The first-order valence-corrected chi connectivity index (χ1v) is 12.3. The van der Waals surface area contributed by atoms with Gasteiger partial charge in [0, 0.05) is 33.6 Å². The van der Waals surface area contributed by atoms with E-state index in [9.17, 15) is 18.4 Å². The van der Waals surface area contributed by atoms with Crippen molar-refractivity contribution in [1.29, 1.82) is 0 Å². The van der Waals surface area contributed by atoms with Crippen LogP contribution in [0.3, 0.4) is 0 Å². The van der Waals surface area contributed by atoms with Crippen LogP contribution in [0.25, 0.3) is 0 Å². The van der Waals surface area contributed by atoms with Gasteiger partial charge in [-0.25, -0.2) is 8.78 Å². The normalized spacial score (nSPS) is 18.0. The Bertz CT molecular complexity index is 1360.